The molecule has 1 heterocycles. The van der Waals surface area contributed by atoms with Gasteiger partial charge in [-0.1, -0.05) is 24.7 Å². The summed E-state index contributed by atoms with van der Waals surface area (Å²) in [6.07, 6.45) is 5.48. The van der Waals surface area contributed by atoms with Gasteiger partial charge in [0.15, 0.2) is 0 Å². The quantitative estimate of drug-likeness (QED) is 0.626. The van der Waals surface area contributed by atoms with Crippen LogP contribution in [0.2, 0.25) is 0 Å². The van der Waals surface area contributed by atoms with Gasteiger partial charge in [-0.25, -0.2) is 0 Å². The molecule has 1 N–H and O–H groups in total. The molecule has 14 heavy (non-hydrogen) atoms. The minimum Gasteiger partial charge on any atom is -0.314 e. The molecule has 1 aliphatic heterocycles. The standard InChI is InChI=1S/C12H20N2/c1-2-5-12(4-1)6-3-9-14-10-7-13-8-11-14/h12-13H,1-2,4-5,7-11H2. The molecule has 0 radical (unpaired) electrons. The van der Waals surface area contributed by atoms with Gasteiger partial charge in [-0.3, -0.25) is 4.90 Å². The summed E-state index contributed by atoms with van der Waals surface area (Å²) in [7, 11) is 0. The molecule has 2 aliphatic rings. The van der Waals surface area contributed by atoms with Crippen molar-refractivity contribution in [1.29, 1.82) is 0 Å². The first kappa shape index (κ1) is 10.0. The number of piperazine rings is 1. The van der Waals surface area contributed by atoms with E-state index in [0.29, 0.717) is 0 Å². The van der Waals surface area contributed by atoms with E-state index in [2.05, 4.69) is 22.1 Å². The van der Waals surface area contributed by atoms with Gasteiger partial charge in [0, 0.05) is 32.1 Å². The molecule has 0 aromatic heterocycles. The van der Waals surface area contributed by atoms with Crippen LogP contribution in [-0.2, 0) is 0 Å². The van der Waals surface area contributed by atoms with Gasteiger partial charge in [0.2, 0.25) is 0 Å². The van der Waals surface area contributed by atoms with E-state index in [9.17, 15) is 0 Å². The van der Waals surface area contributed by atoms with E-state index in [-0.39, 0.29) is 0 Å². The second kappa shape index (κ2) is 5.38. The smallest absolute Gasteiger partial charge is 0.0602 e. The molecule has 0 atom stereocenters. The molecule has 2 fully saturated rings. The maximum atomic E-state index is 3.42. The average molecular weight is 192 g/mol. The zero-order valence-corrected chi connectivity index (χ0v) is 8.89. The molecule has 1 aliphatic carbocycles. The Kier molecular flexibility index (Phi) is 3.85. The van der Waals surface area contributed by atoms with E-state index in [1.54, 1.807) is 0 Å². The first-order chi connectivity index (χ1) is 6.95. The van der Waals surface area contributed by atoms with Crippen molar-refractivity contribution in [3.63, 3.8) is 0 Å². The lowest BCUT2D eigenvalue weighted by Crippen LogP contribution is -2.43. The zero-order chi connectivity index (χ0) is 9.64. The zero-order valence-electron chi connectivity index (χ0n) is 8.89. The van der Waals surface area contributed by atoms with Crippen LogP contribution in [0.3, 0.4) is 0 Å². The third kappa shape index (κ3) is 3.01. The largest absolute Gasteiger partial charge is 0.314 e. The van der Waals surface area contributed by atoms with Crippen LogP contribution in [0.4, 0.5) is 0 Å². The summed E-state index contributed by atoms with van der Waals surface area (Å²) >= 11 is 0. The van der Waals surface area contributed by atoms with Crippen LogP contribution >= 0.6 is 0 Å². The van der Waals surface area contributed by atoms with Gasteiger partial charge in [-0.2, -0.15) is 0 Å². The summed E-state index contributed by atoms with van der Waals surface area (Å²) in [5.41, 5.74) is 0. The number of rotatable bonds is 1. The summed E-state index contributed by atoms with van der Waals surface area (Å²) in [5, 5.41) is 3.36. The Bertz CT molecular complexity index is 214. The van der Waals surface area contributed by atoms with Crippen LogP contribution in [0.25, 0.3) is 0 Å². The molecule has 2 nitrogen and oxygen atoms in total. The Labute approximate surface area is 87.1 Å². The van der Waals surface area contributed by atoms with E-state index in [0.717, 1.165) is 25.6 Å². The Hall–Kier alpha value is -0.520. The third-order valence-corrected chi connectivity index (χ3v) is 3.17. The number of hydrogen-bond acceptors (Lipinski definition) is 2. The predicted molar refractivity (Wildman–Crippen MR) is 59.0 cm³/mol. The fourth-order valence-electron chi connectivity index (χ4n) is 2.24. The van der Waals surface area contributed by atoms with Gasteiger partial charge >= 0.3 is 0 Å². The topological polar surface area (TPSA) is 15.3 Å². The minimum atomic E-state index is 0.720. The van der Waals surface area contributed by atoms with Crippen molar-refractivity contribution >= 4 is 0 Å². The minimum absolute atomic E-state index is 0.720. The van der Waals surface area contributed by atoms with Gasteiger partial charge in [0.25, 0.3) is 0 Å². The van der Waals surface area contributed by atoms with Gasteiger partial charge in [-0.05, 0) is 12.8 Å². The van der Waals surface area contributed by atoms with E-state index >= 15 is 0 Å². The van der Waals surface area contributed by atoms with Crippen LogP contribution in [0, 0.1) is 17.8 Å². The maximum Gasteiger partial charge on any atom is 0.0602 e. The molecular formula is C12H20N2. The molecule has 0 aromatic carbocycles. The highest BCUT2D eigenvalue weighted by Crippen LogP contribution is 2.23. The second-order valence-corrected chi connectivity index (χ2v) is 4.33. The molecule has 0 bridgehead atoms. The lowest BCUT2D eigenvalue weighted by Gasteiger charge is -2.24. The molecule has 1 saturated carbocycles. The first-order valence-corrected chi connectivity index (χ1v) is 5.86. The molecule has 2 heteroatoms. The summed E-state index contributed by atoms with van der Waals surface area (Å²) in [6.45, 7) is 5.58. The molecule has 78 valence electrons. The van der Waals surface area contributed by atoms with E-state index in [4.69, 9.17) is 0 Å². The van der Waals surface area contributed by atoms with Crippen molar-refractivity contribution < 1.29 is 0 Å². The van der Waals surface area contributed by atoms with Gasteiger partial charge < -0.3 is 5.32 Å². The summed E-state index contributed by atoms with van der Waals surface area (Å²) in [4.78, 5) is 2.44. The van der Waals surface area contributed by atoms with Crippen LogP contribution < -0.4 is 5.32 Å². The molecule has 0 aromatic rings. The van der Waals surface area contributed by atoms with E-state index < -0.39 is 0 Å². The van der Waals surface area contributed by atoms with Crippen LogP contribution in [-0.4, -0.2) is 37.6 Å². The molecule has 1 saturated heterocycles. The van der Waals surface area contributed by atoms with Crippen molar-refractivity contribution in [3.8, 4) is 11.8 Å². The van der Waals surface area contributed by atoms with Crippen molar-refractivity contribution in [2.75, 3.05) is 32.7 Å². The normalized spacial score (nSPS) is 24.6. The van der Waals surface area contributed by atoms with E-state index in [1.807, 2.05) is 0 Å². The second-order valence-electron chi connectivity index (χ2n) is 4.33. The highest BCUT2D eigenvalue weighted by Gasteiger charge is 2.11. The highest BCUT2D eigenvalue weighted by molar-refractivity contribution is 5.06. The molecule has 0 amide bonds. The van der Waals surface area contributed by atoms with Crippen molar-refractivity contribution in [1.82, 2.24) is 10.2 Å². The fraction of sp³-hybridized carbons (Fsp3) is 0.833. The lowest BCUT2D eigenvalue weighted by molar-refractivity contribution is 0.268. The summed E-state index contributed by atoms with van der Waals surface area (Å²) in [6, 6.07) is 0. The van der Waals surface area contributed by atoms with Crippen LogP contribution in [0.15, 0.2) is 0 Å². The predicted octanol–water partition coefficient (Wildman–Crippen LogP) is 1.09. The van der Waals surface area contributed by atoms with Gasteiger partial charge in [-0.15, -0.1) is 0 Å². The summed E-state index contributed by atoms with van der Waals surface area (Å²) in [5.74, 6) is 7.48. The Morgan fingerprint density at radius 1 is 1.14 bits per heavy atom. The van der Waals surface area contributed by atoms with Gasteiger partial charge in [0.05, 0.1) is 6.54 Å². The highest BCUT2D eigenvalue weighted by atomic mass is 15.2. The number of hydrogen-bond donors (Lipinski definition) is 1. The Morgan fingerprint density at radius 3 is 2.57 bits per heavy atom. The van der Waals surface area contributed by atoms with Crippen molar-refractivity contribution in [2.45, 2.75) is 25.7 Å². The Morgan fingerprint density at radius 2 is 1.86 bits per heavy atom. The van der Waals surface area contributed by atoms with Crippen molar-refractivity contribution in [2.24, 2.45) is 5.92 Å². The van der Waals surface area contributed by atoms with Crippen LogP contribution in [0.1, 0.15) is 25.7 Å². The third-order valence-electron chi connectivity index (χ3n) is 3.17. The van der Waals surface area contributed by atoms with E-state index in [1.165, 1.54) is 38.8 Å². The SMILES string of the molecule is C(#CC1CCCC1)CN1CCNCC1. The summed E-state index contributed by atoms with van der Waals surface area (Å²) < 4.78 is 0. The molecular weight excluding hydrogens is 172 g/mol. The number of nitrogens with zero attached hydrogens (tertiary/aromatic N) is 1. The molecule has 0 spiro atoms. The van der Waals surface area contributed by atoms with Crippen LogP contribution in [0.5, 0.6) is 0 Å². The lowest BCUT2D eigenvalue weighted by atomic mass is 10.1. The Balaban J connectivity index is 1.69. The maximum absolute atomic E-state index is 3.42. The molecule has 2 rings (SSSR count). The molecule has 0 unspecified atom stereocenters. The first-order valence-electron chi connectivity index (χ1n) is 5.86. The van der Waals surface area contributed by atoms with Crippen molar-refractivity contribution in [3.05, 3.63) is 0 Å². The average Bonchev–Trinajstić information content (AvgIpc) is 2.72. The number of nitrogens with one attached hydrogen (secondary N) is 1. The fourth-order valence-corrected chi connectivity index (χ4v) is 2.24. The van der Waals surface area contributed by atoms with Gasteiger partial charge in [0.1, 0.15) is 0 Å². The monoisotopic (exact) mass is 192 g/mol.